The summed E-state index contributed by atoms with van der Waals surface area (Å²) in [6, 6.07) is 21.5. The van der Waals surface area contributed by atoms with Gasteiger partial charge in [0.1, 0.15) is 5.60 Å². The van der Waals surface area contributed by atoms with Gasteiger partial charge in [-0.05, 0) is 69.2 Å². The predicted molar refractivity (Wildman–Crippen MR) is 168 cm³/mol. The summed E-state index contributed by atoms with van der Waals surface area (Å²) in [6.07, 6.45) is 0.288. The molecule has 2 aliphatic heterocycles. The first-order valence-electron chi connectivity index (χ1n) is 14.5. The quantitative estimate of drug-likeness (QED) is 0.296. The van der Waals surface area contributed by atoms with E-state index >= 15 is 0 Å². The Morgan fingerprint density at radius 1 is 0.818 bits per heavy atom. The van der Waals surface area contributed by atoms with Crippen LogP contribution in [0.1, 0.15) is 59.0 Å². The molecule has 10 nitrogen and oxygen atoms in total. The molecule has 0 spiro atoms. The van der Waals surface area contributed by atoms with E-state index in [4.69, 9.17) is 9.47 Å². The molecular weight excluding hydrogens is 560 g/mol. The van der Waals surface area contributed by atoms with Crippen LogP contribution in [0.25, 0.3) is 11.3 Å². The SMILES string of the molecule is COC(=O)c1ccc2c(c1)NC(=O)/C2=C(\Nc1ccc(C(=O)N2CCCN(C(=O)OC(C)(C)C)CC2)cc1)c1ccccc1. The summed E-state index contributed by atoms with van der Waals surface area (Å²) in [5, 5.41) is 6.26. The zero-order valence-corrected chi connectivity index (χ0v) is 25.3. The Bertz CT molecular complexity index is 1610. The monoisotopic (exact) mass is 596 g/mol. The van der Waals surface area contributed by atoms with Gasteiger partial charge in [0.2, 0.25) is 0 Å². The van der Waals surface area contributed by atoms with Crippen LogP contribution in [0, 0.1) is 0 Å². The molecule has 0 atom stereocenters. The number of ether oxygens (including phenoxy) is 2. The smallest absolute Gasteiger partial charge is 0.410 e. The number of hydrogen-bond donors (Lipinski definition) is 2. The van der Waals surface area contributed by atoms with Crippen LogP contribution in [-0.4, -0.2) is 72.6 Å². The van der Waals surface area contributed by atoms with E-state index in [0.717, 1.165) is 5.56 Å². The molecule has 0 radical (unpaired) electrons. The van der Waals surface area contributed by atoms with E-state index in [-0.39, 0.29) is 17.9 Å². The fraction of sp³-hybridized carbons (Fsp3) is 0.294. The molecule has 0 saturated carbocycles. The predicted octanol–water partition coefficient (Wildman–Crippen LogP) is 5.49. The summed E-state index contributed by atoms with van der Waals surface area (Å²) in [7, 11) is 1.31. The second kappa shape index (κ2) is 12.6. The van der Waals surface area contributed by atoms with Crippen LogP contribution < -0.4 is 10.6 Å². The number of rotatable bonds is 5. The average Bonchev–Trinajstić information content (AvgIpc) is 3.15. The third kappa shape index (κ3) is 6.75. The zero-order valence-electron chi connectivity index (χ0n) is 25.3. The molecule has 3 amide bonds. The fourth-order valence-electron chi connectivity index (χ4n) is 5.20. The van der Waals surface area contributed by atoms with E-state index in [0.29, 0.717) is 71.9 Å². The highest BCUT2D eigenvalue weighted by molar-refractivity contribution is 6.37. The molecule has 5 rings (SSSR count). The molecule has 1 fully saturated rings. The molecule has 0 aromatic heterocycles. The zero-order chi connectivity index (χ0) is 31.4. The van der Waals surface area contributed by atoms with Gasteiger partial charge >= 0.3 is 12.1 Å². The van der Waals surface area contributed by atoms with Crippen molar-refractivity contribution in [1.29, 1.82) is 0 Å². The molecule has 228 valence electrons. The maximum absolute atomic E-state index is 13.4. The summed E-state index contributed by atoms with van der Waals surface area (Å²) in [6.45, 7) is 7.38. The van der Waals surface area contributed by atoms with Crippen LogP contribution in [0.2, 0.25) is 0 Å². The van der Waals surface area contributed by atoms with Gasteiger partial charge < -0.3 is 29.9 Å². The molecule has 1 saturated heterocycles. The third-order valence-electron chi connectivity index (χ3n) is 7.33. The van der Waals surface area contributed by atoms with E-state index < -0.39 is 11.6 Å². The van der Waals surface area contributed by atoms with Gasteiger partial charge in [0.15, 0.2) is 0 Å². The van der Waals surface area contributed by atoms with Gasteiger partial charge in [-0.3, -0.25) is 9.59 Å². The lowest BCUT2D eigenvalue weighted by Gasteiger charge is -2.26. The molecule has 0 bridgehead atoms. The highest BCUT2D eigenvalue weighted by atomic mass is 16.6. The van der Waals surface area contributed by atoms with Crippen molar-refractivity contribution >= 4 is 46.5 Å². The fourth-order valence-corrected chi connectivity index (χ4v) is 5.20. The minimum absolute atomic E-state index is 0.116. The summed E-state index contributed by atoms with van der Waals surface area (Å²) in [5.74, 6) is -0.910. The average molecular weight is 597 g/mol. The number of methoxy groups -OCH3 is 1. The van der Waals surface area contributed by atoms with Crippen LogP contribution >= 0.6 is 0 Å². The molecule has 44 heavy (non-hydrogen) atoms. The summed E-state index contributed by atoms with van der Waals surface area (Å²) >= 11 is 0. The Morgan fingerprint density at radius 2 is 1.48 bits per heavy atom. The van der Waals surface area contributed by atoms with Crippen molar-refractivity contribution in [3.8, 4) is 0 Å². The number of amides is 3. The Morgan fingerprint density at radius 3 is 2.16 bits per heavy atom. The number of carbonyl (C=O) groups excluding carboxylic acids is 4. The molecule has 2 N–H and O–H groups in total. The number of anilines is 2. The molecule has 0 aliphatic carbocycles. The second-order valence-corrected chi connectivity index (χ2v) is 11.6. The van der Waals surface area contributed by atoms with Crippen molar-refractivity contribution < 1.29 is 28.7 Å². The maximum atomic E-state index is 13.4. The topological polar surface area (TPSA) is 117 Å². The van der Waals surface area contributed by atoms with Gasteiger partial charge in [0.05, 0.1) is 29.6 Å². The van der Waals surface area contributed by atoms with Crippen LogP contribution in [0.4, 0.5) is 16.2 Å². The van der Waals surface area contributed by atoms with Crippen molar-refractivity contribution in [3.05, 3.63) is 95.1 Å². The highest BCUT2D eigenvalue weighted by Gasteiger charge is 2.30. The lowest BCUT2D eigenvalue weighted by atomic mass is 9.99. The summed E-state index contributed by atoms with van der Waals surface area (Å²) < 4.78 is 10.3. The van der Waals surface area contributed by atoms with E-state index in [9.17, 15) is 19.2 Å². The van der Waals surface area contributed by atoms with Crippen molar-refractivity contribution in [2.45, 2.75) is 32.8 Å². The van der Waals surface area contributed by atoms with Crippen LogP contribution in [0.3, 0.4) is 0 Å². The van der Waals surface area contributed by atoms with E-state index in [2.05, 4.69) is 10.6 Å². The van der Waals surface area contributed by atoms with Crippen molar-refractivity contribution in [3.63, 3.8) is 0 Å². The van der Waals surface area contributed by atoms with Gasteiger partial charge in [-0.2, -0.15) is 0 Å². The highest BCUT2D eigenvalue weighted by Crippen LogP contribution is 2.38. The molecule has 2 heterocycles. The first-order chi connectivity index (χ1) is 21.0. The Kier molecular flexibility index (Phi) is 8.71. The Labute approximate surface area is 256 Å². The molecule has 3 aromatic carbocycles. The van der Waals surface area contributed by atoms with Gasteiger partial charge in [-0.15, -0.1) is 0 Å². The van der Waals surface area contributed by atoms with Crippen molar-refractivity contribution in [2.75, 3.05) is 43.9 Å². The number of nitrogens with one attached hydrogen (secondary N) is 2. The standard InChI is InChI=1S/C34H36N4O6/c1-34(2,3)44-33(42)38-18-8-17-37(19-20-38)31(40)23-11-14-25(15-12-23)35-29(22-9-6-5-7-10-22)28-26-16-13-24(32(41)43-4)21-27(26)36-30(28)39/h5-7,9-16,21,35H,8,17-20H2,1-4H3,(H,36,39)/b29-28-. The molecular formula is C34H36N4O6. The number of benzene rings is 3. The third-order valence-corrected chi connectivity index (χ3v) is 7.33. The minimum Gasteiger partial charge on any atom is -0.465 e. The van der Waals surface area contributed by atoms with Gasteiger partial charge in [0.25, 0.3) is 11.8 Å². The number of fused-ring (bicyclic) bond motifs is 1. The molecule has 2 aliphatic rings. The molecule has 10 heteroatoms. The van der Waals surface area contributed by atoms with Crippen LogP contribution in [-0.2, 0) is 14.3 Å². The minimum atomic E-state index is -0.579. The second-order valence-electron chi connectivity index (χ2n) is 11.6. The first-order valence-corrected chi connectivity index (χ1v) is 14.5. The summed E-state index contributed by atoms with van der Waals surface area (Å²) in [4.78, 5) is 54.6. The van der Waals surface area contributed by atoms with Crippen molar-refractivity contribution in [1.82, 2.24) is 9.80 Å². The van der Waals surface area contributed by atoms with E-state index in [1.165, 1.54) is 7.11 Å². The largest absolute Gasteiger partial charge is 0.465 e. The number of carbonyl (C=O) groups is 4. The number of hydrogen-bond acceptors (Lipinski definition) is 7. The van der Waals surface area contributed by atoms with Crippen molar-refractivity contribution in [2.24, 2.45) is 0 Å². The normalized spacial score (nSPS) is 16.0. The number of esters is 1. The molecule has 3 aromatic rings. The lowest BCUT2D eigenvalue weighted by Crippen LogP contribution is -2.40. The molecule has 0 unspecified atom stereocenters. The van der Waals surface area contributed by atoms with Gasteiger partial charge in [-0.1, -0.05) is 36.4 Å². The van der Waals surface area contributed by atoms with Crippen LogP contribution in [0.15, 0.2) is 72.8 Å². The summed E-state index contributed by atoms with van der Waals surface area (Å²) in [5.41, 5.74) is 3.95. The van der Waals surface area contributed by atoms with E-state index in [1.807, 2.05) is 51.1 Å². The maximum Gasteiger partial charge on any atom is 0.410 e. The lowest BCUT2D eigenvalue weighted by molar-refractivity contribution is -0.110. The van der Waals surface area contributed by atoms with Gasteiger partial charge in [-0.25, -0.2) is 9.59 Å². The first kappa shape index (κ1) is 30.3. The van der Waals surface area contributed by atoms with Gasteiger partial charge in [0, 0.05) is 43.0 Å². The van der Waals surface area contributed by atoms with E-state index in [1.54, 1.807) is 52.3 Å². The van der Waals surface area contributed by atoms with Crippen LogP contribution in [0.5, 0.6) is 0 Å². The Hall–Kier alpha value is -5.12. The Balaban J connectivity index is 1.36. The number of nitrogens with zero attached hydrogens (tertiary/aromatic N) is 2.